The first-order chi connectivity index (χ1) is 13.8. The van der Waals surface area contributed by atoms with Crippen LogP contribution in [0, 0.1) is 5.92 Å². The highest BCUT2D eigenvalue weighted by Gasteiger charge is 2.32. The molecule has 0 unspecified atom stereocenters. The summed E-state index contributed by atoms with van der Waals surface area (Å²) >= 11 is 0. The molecule has 1 aromatic carbocycles. The molecule has 2 heterocycles. The molecule has 4 rings (SSSR count). The fourth-order valence-electron chi connectivity index (χ4n) is 5.58. The van der Waals surface area contributed by atoms with Crippen LogP contribution in [-0.4, -0.2) is 55.5 Å². The lowest BCUT2D eigenvalue weighted by Gasteiger charge is -2.39. The number of anilines is 2. The Balaban J connectivity index is 1.31. The summed E-state index contributed by atoms with van der Waals surface area (Å²) < 4.78 is 0. The summed E-state index contributed by atoms with van der Waals surface area (Å²) in [6.07, 6.45) is 13.6. The van der Waals surface area contributed by atoms with Crippen molar-refractivity contribution in [2.45, 2.75) is 70.3 Å². The molecule has 1 saturated heterocycles. The smallest absolute Gasteiger partial charge is 0.0907 e. The molecular weight excluding hydrogens is 346 g/mol. The first-order valence-corrected chi connectivity index (χ1v) is 11.8. The van der Waals surface area contributed by atoms with Crippen molar-refractivity contribution in [3.05, 3.63) is 24.3 Å². The standard InChI is InChI=1S/C24H39N3O/c28-18-8-15-26-20-27(24-12-7-6-11-23(24)26)22-13-16-25(17-14-22)19-21-9-4-2-1-3-5-10-21/h6-7,11-12,21-22,28H,1-5,8-10,13-20H2. The molecule has 4 heteroatoms. The van der Waals surface area contributed by atoms with Crippen molar-refractivity contribution in [3.8, 4) is 0 Å². The van der Waals surface area contributed by atoms with Crippen LogP contribution in [0.3, 0.4) is 0 Å². The summed E-state index contributed by atoms with van der Waals surface area (Å²) in [5, 5.41) is 9.24. The lowest BCUT2D eigenvalue weighted by atomic mass is 9.90. The Labute approximate surface area is 171 Å². The van der Waals surface area contributed by atoms with E-state index in [0.717, 1.165) is 25.6 Å². The fourth-order valence-corrected chi connectivity index (χ4v) is 5.58. The zero-order valence-corrected chi connectivity index (χ0v) is 17.6. The number of hydrogen-bond acceptors (Lipinski definition) is 4. The van der Waals surface area contributed by atoms with Gasteiger partial charge < -0.3 is 19.8 Å². The van der Waals surface area contributed by atoms with E-state index in [1.165, 1.54) is 88.8 Å². The largest absolute Gasteiger partial charge is 0.396 e. The third-order valence-corrected chi connectivity index (χ3v) is 7.18. The molecule has 1 aromatic rings. The van der Waals surface area contributed by atoms with Gasteiger partial charge in [-0.15, -0.1) is 0 Å². The SMILES string of the molecule is OCCCN1CN(C2CCN(CC3CCCCCCC3)CC2)c2ccccc21. The average molecular weight is 386 g/mol. The van der Waals surface area contributed by atoms with Crippen molar-refractivity contribution >= 4 is 11.4 Å². The van der Waals surface area contributed by atoms with E-state index >= 15 is 0 Å². The Hall–Kier alpha value is -1.26. The Morgan fingerprint density at radius 1 is 0.857 bits per heavy atom. The van der Waals surface area contributed by atoms with Gasteiger partial charge in [-0.25, -0.2) is 0 Å². The minimum Gasteiger partial charge on any atom is -0.396 e. The van der Waals surface area contributed by atoms with Crippen LogP contribution < -0.4 is 9.80 Å². The number of piperidine rings is 1. The predicted molar refractivity (Wildman–Crippen MR) is 118 cm³/mol. The van der Waals surface area contributed by atoms with Gasteiger partial charge in [0.15, 0.2) is 0 Å². The van der Waals surface area contributed by atoms with Crippen LogP contribution >= 0.6 is 0 Å². The summed E-state index contributed by atoms with van der Waals surface area (Å²) in [5.41, 5.74) is 2.76. The van der Waals surface area contributed by atoms with Crippen molar-refractivity contribution in [2.75, 3.05) is 49.3 Å². The van der Waals surface area contributed by atoms with Crippen molar-refractivity contribution in [3.63, 3.8) is 0 Å². The van der Waals surface area contributed by atoms with E-state index in [2.05, 4.69) is 39.0 Å². The number of nitrogens with zero attached hydrogens (tertiary/aromatic N) is 3. The second-order valence-electron chi connectivity index (χ2n) is 9.18. The third kappa shape index (κ3) is 4.83. The van der Waals surface area contributed by atoms with Crippen LogP contribution in [0.2, 0.25) is 0 Å². The minimum absolute atomic E-state index is 0.276. The second kappa shape index (κ2) is 9.98. The zero-order chi connectivity index (χ0) is 19.2. The van der Waals surface area contributed by atoms with Gasteiger partial charge in [0.2, 0.25) is 0 Å². The van der Waals surface area contributed by atoms with Gasteiger partial charge in [0.05, 0.1) is 18.0 Å². The molecule has 0 radical (unpaired) electrons. The van der Waals surface area contributed by atoms with E-state index in [4.69, 9.17) is 0 Å². The van der Waals surface area contributed by atoms with E-state index in [0.29, 0.717) is 6.04 Å². The van der Waals surface area contributed by atoms with E-state index in [9.17, 15) is 5.11 Å². The molecule has 0 amide bonds. The number of likely N-dealkylation sites (tertiary alicyclic amines) is 1. The molecule has 0 spiro atoms. The van der Waals surface area contributed by atoms with E-state index < -0.39 is 0 Å². The first kappa shape index (κ1) is 20.0. The predicted octanol–water partition coefficient (Wildman–Crippen LogP) is 4.48. The molecule has 2 aliphatic heterocycles. The minimum atomic E-state index is 0.276. The Kier molecular flexibility index (Phi) is 7.14. The van der Waals surface area contributed by atoms with Crippen LogP contribution in [0.15, 0.2) is 24.3 Å². The highest BCUT2D eigenvalue weighted by molar-refractivity contribution is 5.76. The van der Waals surface area contributed by atoms with Gasteiger partial charge in [0, 0.05) is 38.8 Å². The maximum atomic E-state index is 9.24. The normalized spacial score (nSPS) is 22.9. The fraction of sp³-hybridized carbons (Fsp3) is 0.750. The lowest BCUT2D eigenvalue weighted by Crippen LogP contribution is -2.47. The summed E-state index contributed by atoms with van der Waals surface area (Å²) in [6.45, 7) is 6.08. The van der Waals surface area contributed by atoms with E-state index in [-0.39, 0.29) is 6.61 Å². The zero-order valence-electron chi connectivity index (χ0n) is 17.6. The topological polar surface area (TPSA) is 30.0 Å². The molecule has 0 atom stereocenters. The van der Waals surface area contributed by atoms with Gasteiger partial charge in [-0.2, -0.15) is 0 Å². The third-order valence-electron chi connectivity index (χ3n) is 7.18. The molecule has 156 valence electrons. The van der Waals surface area contributed by atoms with Crippen molar-refractivity contribution in [1.29, 1.82) is 0 Å². The second-order valence-corrected chi connectivity index (χ2v) is 9.18. The van der Waals surface area contributed by atoms with Crippen molar-refractivity contribution < 1.29 is 5.11 Å². The molecule has 2 fully saturated rings. The van der Waals surface area contributed by atoms with E-state index in [1.807, 2.05) is 0 Å². The maximum Gasteiger partial charge on any atom is 0.0907 e. The lowest BCUT2D eigenvalue weighted by molar-refractivity contribution is 0.167. The Morgan fingerprint density at radius 2 is 1.54 bits per heavy atom. The average Bonchev–Trinajstić information content (AvgIpc) is 3.08. The van der Waals surface area contributed by atoms with Crippen LogP contribution in [0.4, 0.5) is 11.4 Å². The monoisotopic (exact) mass is 385 g/mol. The molecule has 3 aliphatic rings. The number of benzene rings is 1. The summed E-state index contributed by atoms with van der Waals surface area (Å²) in [4.78, 5) is 7.85. The van der Waals surface area contributed by atoms with Gasteiger partial charge in [0.25, 0.3) is 0 Å². The van der Waals surface area contributed by atoms with Crippen molar-refractivity contribution in [2.24, 2.45) is 5.92 Å². The number of rotatable bonds is 6. The van der Waals surface area contributed by atoms with Crippen LogP contribution in [0.5, 0.6) is 0 Å². The Bertz CT molecular complexity index is 591. The first-order valence-electron chi connectivity index (χ1n) is 11.8. The molecular formula is C24H39N3O. The van der Waals surface area contributed by atoms with Crippen molar-refractivity contribution in [1.82, 2.24) is 4.90 Å². The van der Waals surface area contributed by atoms with Crippen LogP contribution in [0.1, 0.15) is 64.2 Å². The van der Waals surface area contributed by atoms with Gasteiger partial charge in [-0.1, -0.05) is 44.2 Å². The molecule has 0 aromatic heterocycles. The number of hydrogen-bond donors (Lipinski definition) is 1. The van der Waals surface area contributed by atoms with Gasteiger partial charge in [-0.3, -0.25) is 0 Å². The molecule has 1 N–H and O–H groups in total. The van der Waals surface area contributed by atoms with Crippen LogP contribution in [-0.2, 0) is 0 Å². The molecule has 4 nitrogen and oxygen atoms in total. The molecule has 1 saturated carbocycles. The molecule has 0 bridgehead atoms. The van der Waals surface area contributed by atoms with Gasteiger partial charge in [-0.05, 0) is 50.2 Å². The summed E-state index contributed by atoms with van der Waals surface area (Å²) in [5.74, 6) is 0.943. The number of aliphatic hydroxyl groups excluding tert-OH is 1. The number of fused-ring (bicyclic) bond motifs is 1. The molecule has 1 aliphatic carbocycles. The summed E-state index contributed by atoms with van der Waals surface area (Å²) in [6, 6.07) is 9.51. The quantitative estimate of drug-likeness (QED) is 0.782. The number of para-hydroxylation sites is 2. The van der Waals surface area contributed by atoms with Crippen LogP contribution in [0.25, 0.3) is 0 Å². The number of aliphatic hydroxyl groups is 1. The maximum absolute atomic E-state index is 9.24. The highest BCUT2D eigenvalue weighted by atomic mass is 16.3. The summed E-state index contributed by atoms with van der Waals surface area (Å²) in [7, 11) is 0. The Morgan fingerprint density at radius 3 is 2.25 bits per heavy atom. The highest BCUT2D eigenvalue weighted by Crippen LogP contribution is 2.38. The van der Waals surface area contributed by atoms with Gasteiger partial charge >= 0.3 is 0 Å². The molecule has 28 heavy (non-hydrogen) atoms. The van der Waals surface area contributed by atoms with Gasteiger partial charge in [0.1, 0.15) is 0 Å². The van der Waals surface area contributed by atoms with E-state index in [1.54, 1.807) is 0 Å².